The Bertz CT molecular complexity index is 829. The van der Waals surface area contributed by atoms with Crippen LogP contribution in [0.5, 0.6) is 0 Å². The first-order valence-electron chi connectivity index (χ1n) is 7.84. The minimum Gasteiger partial charge on any atom is -0.363 e. The van der Waals surface area contributed by atoms with Gasteiger partial charge in [0.2, 0.25) is 0 Å². The number of hydrogen-bond donors (Lipinski definition) is 1. The predicted octanol–water partition coefficient (Wildman–Crippen LogP) is 3.18. The molecular formula is C17H22N6. The van der Waals surface area contributed by atoms with Gasteiger partial charge in [0.1, 0.15) is 11.6 Å². The average Bonchev–Trinajstić information content (AvgIpc) is 2.83. The molecule has 0 aliphatic carbocycles. The highest BCUT2D eigenvalue weighted by molar-refractivity contribution is 5.51. The van der Waals surface area contributed by atoms with Crippen LogP contribution in [0.25, 0.3) is 5.65 Å². The average molecular weight is 310 g/mol. The fourth-order valence-electron chi connectivity index (χ4n) is 2.58. The molecular weight excluding hydrogens is 288 g/mol. The highest BCUT2D eigenvalue weighted by atomic mass is 15.3. The van der Waals surface area contributed by atoms with Crippen LogP contribution in [0.2, 0.25) is 0 Å². The smallest absolute Gasteiger partial charge is 0.157 e. The molecule has 0 aromatic carbocycles. The molecule has 3 rings (SSSR count). The van der Waals surface area contributed by atoms with E-state index >= 15 is 0 Å². The molecule has 3 aromatic rings. The molecule has 0 spiro atoms. The van der Waals surface area contributed by atoms with E-state index in [1.165, 1.54) is 0 Å². The molecule has 0 radical (unpaired) electrons. The normalized spacial score (nSPS) is 11.4. The number of anilines is 1. The van der Waals surface area contributed by atoms with Gasteiger partial charge in [-0.2, -0.15) is 9.61 Å². The Kier molecular flexibility index (Phi) is 3.98. The van der Waals surface area contributed by atoms with E-state index < -0.39 is 0 Å². The minimum absolute atomic E-state index is 0.355. The Morgan fingerprint density at radius 3 is 2.30 bits per heavy atom. The summed E-state index contributed by atoms with van der Waals surface area (Å²) in [6, 6.07) is 6.01. The lowest BCUT2D eigenvalue weighted by Gasteiger charge is -2.12. The molecule has 0 amide bonds. The number of rotatable bonds is 4. The maximum absolute atomic E-state index is 4.67. The maximum atomic E-state index is 4.67. The van der Waals surface area contributed by atoms with Crippen molar-refractivity contribution in [3.63, 3.8) is 0 Å². The van der Waals surface area contributed by atoms with Gasteiger partial charge in [0.05, 0.1) is 12.2 Å². The van der Waals surface area contributed by atoms with Crippen LogP contribution in [0.15, 0.2) is 18.2 Å². The van der Waals surface area contributed by atoms with Crippen molar-refractivity contribution in [1.82, 2.24) is 24.6 Å². The first-order chi connectivity index (χ1) is 10.9. The zero-order valence-electron chi connectivity index (χ0n) is 14.3. The van der Waals surface area contributed by atoms with Crippen LogP contribution in [0.1, 0.15) is 48.4 Å². The van der Waals surface area contributed by atoms with Gasteiger partial charge in [-0.25, -0.2) is 15.0 Å². The summed E-state index contributed by atoms with van der Waals surface area (Å²) >= 11 is 0. The first kappa shape index (κ1) is 15.4. The second kappa shape index (κ2) is 5.95. The highest BCUT2D eigenvalue weighted by Crippen LogP contribution is 2.20. The number of nitrogens with one attached hydrogen (secondary N) is 1. The molecule has 6 nitrogen and oxygen atoms in total. The summed E-state index contributed by atoms with van der Waals surface area (Å²) in [6.45, 7) is 10.8. The third-order valence-corrected chi connectivity index (χ3v) is 3.62. The van der Waals surface area contributed by atoms with Crippen LogP contribution >= 0.6 is 0 Å². The van der Waals surface area contributed by atoms with Crippen molar-refractivity contribution in [3.05, 3.63) is 46.8 Å². The monoisotopic (exact) mass is 310 g/mol. The fourth-order valence-corrected chi connectivity index (χ4v) is 2.58. The number of hydrogen-bond acceptors (Lipinski definition) is 5. The lowest BCUT2D eigenvalue weighted by atomic mass is 10.1. The van der Waals surface area contributed by atoms with E-state index in [1.807, 2.05) is 43.5 Å². The van der Waals surface area contributed by atoms with Gasteiger partial charge in [-0.3, -0.25) is 0 Å². The van der Waals surface area contributed by atoms with E-state index in [1.54, 1.807) is 0 Å². The standard InChI is InChI=1S/C17H22N6/c1-10(2)14-8-16(23-17(21-14)7-13(5)22-23)18-9-15-19-11(3)6-12(4)20-15/h6-8,10,18H,9H2,1-5H3. The van der Waals surface area contributed by atoms with Gasteiger partial charge >= 0.3 is 0 Å². The summed E-state index contributed by atoms with van der Waals surface area (Å²) in [6.07, 6.45) is 0. The van der Waals surface area contributed by atoms with Crippen molar-refractivity contribution >= 4 is 11.5 Å². The minimum atomic E-state index is 0.355. The Balaban J connectivity index is 1.94. The third-order valence-electron chi connectivity index (χ3n) is 3.62. The predicted molar refractivity (Wildman–Crippen MR) is 90.6 cm³/mol. The maximum Gasteiger partial charge on any atom is 0.157 e. The molecule has 0 unspecified atom stereocenters. The Morgan fingerprint density at radius 2 is 1.65 bits per heavy atom. The van der Waals surface area contributed by atoms with E-state index in [9.17, 15) is 0 Å². The van der Waals surface area contributed by atoms with Gasteiger partial charge in [-0.1, -0.05) is 13.8 Å². The van der Waals surface area contributed by atoms with Crippen LogP contribution in [-0.4, -0.2) is 24.6 Å². The number of nitrogens with zero attached hydrogens (tertiary/aromatic N) is 5. The second-order valence-electron chi connectivity index (χ2n) is 6.20. The van der Waals surface area contributed by atoms with E-state index in [4.69, 9.17) is 0 Å². The van der Waals surface area contributed by atoms with Crippen LogP contribution in [0.4, 0.5) is 5.82 Å². The Labute approximate surface area is 136 Å². The lowest BCUT2D eigenvalue weighted by Crippen LogP contribution is -2.11. The molecule has 0 bridgehead atoms. The van der Waals surface area contributed by atoms with Gasteiger partial charge < -0.3 is 5.32 Å². The van der Waals surface area contributed by atoms with Gasteiger partial charge in [0.15, 0.2) is 5.65 Å². The van der Waals surface area contributed by atoms with Crippen LogP contribution in [-0.2, 0) is 6.54 Å². The largest absolute Gasteiger partial charge is 0.363 e. The van der Waals surface area contributed by atoms with Gasteiger partial charge in [-0.15, -0.1) is 0 Å². The van der Waals surface area contributed by atoms with E-state index in [2.05, 4.69) is 39.2 Å². The molecule has 3 heterocycles. The number of fused-ring (bicyclic) bond motifs is 1. The molecule has 23 heavy (non-hydrogen) atoms. The highest BCUT2D eigenvalue weighted by Gasteiger charge is 2.11. The molecule has 0 fully saturated rings. The summed E-state index contributed by atoms with van der Waals surface area (Å²) in [5.74, 6) is 2.05. The van der Waals surface area contributed by atoms with Crippen molar-refractivity contribution in [3.8, 4) is 0 Å². The number of aromatic nitrogens is 5. The van der Waals surface area contributed by atoms with Gasteiger partial charge in [-0.05, 0) is 32.8 Å². The number of aryl methyl sites for hydroxylation is 3. The zero-order valence-corrected chi connectivity index (χ0v) is 14.3. The van der Waals surface area contributed by atoms with Crippen LogP contribution in [0.3, 0.4) is 0 Å². The quantitative estimate of drug-likeness (QED) is 0.801. The van der Waals surface area contributed by atoms with Crippen molar-refractivity contribution in [2.75, 3.05) is 5.32 Å². The Morgan fingerprint density at radius 1 is 0.957 bits per heavy atom. The zero-order chi connectivity index (χ0) is 16.6. The molecule has 1 N–H and O–H groups in total. The summed E-state index contributed by atoms with van der Waals surface area (Å²) in [5, 5.41) is 7.91. The first-order valence-corrected chi connectivity index (χ1v) is 7.84. The summed E-state index contributed by atoms with van der Waals surface area (Å²) < 4.78 is 1.84. The van der Waals surface area contributed by atoms with E-state index in [0.29, 0.717) is 12.5 Å². The topological polar surface area (TPSA) is 68.0 Å². The lowest BCUT2D eigenvalue weighted by molar-refractivity contribution is 0.803. The molecule has 0 atom stereocenters. The fraction of sp³-hybridized carbons (Fsp3) is 0.412. The molecule has 0 saturated carbocycles. The third kappa shape index (κ3) is 3.31. The van der Waals surface area contributed by atoms with Crippen LogP contribution < -0.4 is 5.32 Å². The molecule has 120 valence electrons. The summed E-state index contributed by atoms with van der Waals surface area (Å²) in [5.41, 5.74) is 4.81. The van der Waals surface area contributed by atoms with E-state index in [-0.39, 0.29) is 0 Å². The molecule has 0 saturated heterocycles. The summed E-state index contributed by atoms with van der Waals surface area (Å²) in [7, 11) is 0. The van der Waals surface area contributed by atoms with Crippen molar-refractivity contribution < 1.29 is 0 Å². The van der Waals surface area contributed by atoms with Crippen LogP contribution in [0, 0.1) is 20.8 Å². The van der Waals surface area contributed by atoms with E-state index in [0.717, 1.165) is 40.1 Å². The molecule has 3 aromatic heterocycles. The Hall–Kier alpha value is -2.50. The second-order valence-corrected chi connectivity index (χ2v) is 6.20. The summed E-state index contributed by atoms with van der Waals surface area (Å²) in [4.78, 5) is 13.6. The molecule has 0 aliphatic heterocycles. The van der Waals surface area contributed by atoms with Crippen molar-refractivity contribution in [2.24, 2.45) is 0 Å². The van der Waals surface area contributed by atoms with Crippen molar-refractivity contribution in [2.45, 2.75) is 47.1 Å². The van der Waals surface area contributed by atoms with Crippen molar-refractivity contribution in [1.29, 1.82) is 0 Å². The molecule has 6 heteroatoms. The van der Waals surface area contributed by atoms with Gasteiger partial charge in [0.25, 0.3) is 0 Å². The SMILES string of the molecule is Cc1cc(C)nc(CNc2cc(C(C)C)nc3cc(C)nn23)n1. The van der Waals surface area contributed by atoms with Gasteiger partial charge in [0, 0.05) is 29.2 Å². The molecule has 0 aliphatic rings.